The first-order chi connectivity index (χ1) is 8.74. The van der Waals surface area contributed by atoms with E-state index in [9.17, 15) is 0 Å². The highest BCUT2D eigenvalue weighted by atomic mass is 35.5. The van der Waals surface area contributed by atoms with Crippen molar-refractivity contribution in [2.75, 3.05) is 12.8 Å². The number of nitrogens with two attached hydrogens (primary N) is 1. The molecule has 0 saturated heterocycles. The Bertz CT molecular complexity index is 555. The number of halogens is 1. The van der Waals surface area contributed by atoms with Gasteiger partial charge in [-0.15, -0.1) is 23.7 Å². The molecule has 1 aromatic heterocycles. The highest BCUT2D eigenvalue weighted by molar-refractivity contribution is 7.15. The Morgan fingerprint density at radius 2 is 2.21 bits per heavy atom. The number of hydrogen-bond acceptors (Lipinski definition) is 4. The zero-order chi connectivity index (χ0) is 12.5. The zero-order valence-electron chi connectivity index (χ0n) is 10.9. The molecule has 1 heterocycles. The van der Waals surface area contributed by atoms with Crippen LogP contribution in [0.5, 0.6) is 0 Å². The first kappa shape index (κ1) is 14.3. The summed E-state index contributed by atoms with van der Waals surface area (Å²) in [5.74, 6) is 0. The fourth-order valence-electron chi connectivity index (χ4n) is 2.74. The lowest BCUT2D eigenvalue weighted by molar-refractivity contribution is 0.238. The molecule has 5 heteroatoms. The molecule has 2 aromatic rings. The van der Waals surface area contributed by atoms with Crippen LogP contribution >= 0.6 is 23.7 Å². The lowest BCUT2D eigenvalue weighted by Crippen LogP contribution is -2.21. The van der Waals surface area contributed by atoms with Crippen LogP contribution in [0.1, 0.15) is 28.5 Å². The number of fused-ring (bicyclic) bond motifs is 1. The predicted octanol–water partition coefficient (Wildman–Crippen LogP) is 3.27. The molecule has 0 aliphatic heterocycles. The first-order valence-electron chi connectivity index (χ1n) is 6.22. The summed E-state index contributed by atoms with van der Waals surface area (Å²) in [5, 5.41) is 0.658. The average molecular weight is 296 g/mol. The molecular weight excluding hydrogens is 278 g/mol. The molecule has 19 heavy (non-hydrogen) atoms. The van der Waals surface area contributed by atoms with Crippen LogP contribution in [0, 0.1) is 0 Å². The maximum Gasteiger partial charge on any atom is 0.180 e. The third-order valence-electron chi connectivity index (χ3n) is 3.61. The summed E-state index contributed by atoms with van der Waals surface area (Å²) in [7, 11) is 2.18. The van der Waals surface area contributed by atoms with Crippen LogP contribution in [0.3, 0.4) is 0 Å². The summed E-state index contributed by atoms with van der Waals surface area (Å²) in [6.45, 7) is 0.924. The number of rotatable bonds is 3. The highest BCUT2D eigenvalue weighted by Gasteiger charge is 2.25. The Hall–Kier alpha value is -1.10. The predicted molar refractivity (Wildman–Crippen MR) is 82.7 cm³/mol. The number of nitrogen functional groups attached to an aromatic ring is 1. The van der Waals surface area contributed by atoms with E-state index in [1.54, 1.807) is 11.3 Å². The number of aryl methyl sites for hydroxylation is 1. The molecule has 1 unspecified atom stereocenters. The van der Waals surface area contributed by atoms with Crippen molar-refractivity contribution in [2.24, 2.45) is 0 Å². The molecule has 0 amide bonds. The zero-order valence-corrected chi connectivity index (χ0v) is 12.5. The molecule has 3 rings (SSSR count). The van der Waals surface area contributed by atoms with Crippen LogP contribution in [0.15, 0.2) is 30.5 Å². The Labute approximate surface area is 123 Å². The highest BCUT2D eigenvalue weighted by Crippen LogP contribution is 2.35. The quantitative estimate of drug-likeness (QED) is 0.945. The van der Waals surface area contributed by atoms with Gasteiger partial charge in [-0.1, -0.05) is 24.3 Å². The molecule has 0 radical (unpaired) electrons. The van der Waals surface area contributed by atoms with Gasteiger partial charge in [-0.25, -0.2) is 4.98 Å². The molecule has 1 atom stereocenters. The van der Waals surface area contributed by atoms with E-state index in [1.165, 1.54) is 28.8 Å². The summed E-state index contributed by atoms with van der Waals surface area (Å²) in [4.78, 5) is 7.75. The van der Waals surface area contributed by atoms with Gasteiger partial charge in [0.1, 0.15) is 0 Å². The lowest BCUT2D eigenvalue weighted by atomic mass is 10.1. The second-order valence-electron chi connectivity index (χ2n) is 4.83. The van der Waals surface area contributed by atoms with Crippen molar-refractivity contribution in [1.29, 1.82) is 0 Å². The Balaban J connectivity index is 0.00000133. The maximum atomic E-state index is 5.67. The lowest BCUT2D eigenvalue weighted by Gasteiger charge is -2.24. The van der Waals surface area contributed by atoms with E-state index in [-0.39, 0.29) is 12.4 Å². The van der Waals surface area contributed by atoms with E-state index in [2.05, 4.69) is 41.2 Å². The molecule has 0 spiro atoms. The van der Waals surface area contributed by atoms with Gasteiger partial charge in [-0.3, -0.25) is 4.90 Å². The minimum absolute atomic E-state index is 0. The van der Waals surface area contributed by atoms with Gasteiger partial charge in [0.05, 0.1) is 0 Å². The normalized spacial score (nSPS) is 17.3. The summed E-state index contributed by atoms with van der Waals surface area (Å²) in [6.07, 6.45) is 4.29. The fraction of sp³-hybridized carbons (Fsp3) is 0.357. The second-order valence-corrected chi connectivity index (χ2v) is 5.98. The number of aromatic nitrogens is 1. The van der Waals surface area contributed by atoms with Gasteiger partial charge in [0.25, 0.3) is 0 Å². The Kier molecular flexibility index (Phi) is 4.45. The number of benzene rings is 1. The van der Waals surface area contributed by atoms with E-state index in [0.717, 1.165) is 6.54 Å². The van der Waals surface area contributed by atoms with Crippen LogP contribution in [-0.2, 0) is 13.0 Å². The standard InChI is InChI=1S/C14H17N3S.ClH/c1-17(9-11-8-16-14(15)18-11)13-7-6-10-4-2-3-5-12(10)13;/h2-5,8,13H,6-7,9H2,1H3,(H2,15,16);1H. The van der Waals surface area contributed by atoms with Gasteiger partial charge < -0.3 is 5.73 Å². The van der Waals surface area contributed by atoms with Crippen molar-refractivity contribution < 1.29 is 0 Å². The minimum atomic E-state index is 0. The largest absolute Gasteiger partial charge is 0.375 e. The number of anilines is 1. The summed E-state index contributed by atoms with van der Waals surface area (Å²) in [6, 6.07) is 9.30. The van der Waals surface area contributed by atoms with Gasteiger partial charge >= 0.3 is 0 Å². The van der Waals surface area contributed by atoms with Crippen LogP contribution in [0.2, 0.25) is 0 Å². The van der Waals surface area contributed by atoms with Gasteiger partial charge in [0.15, 0.2) is 5.13 Å². The van der Waals surface area contributed by atoms with E-state index in [0.29, 0.717) is 11.2 Å². The summed E-state index contributed by atoms with van der Waals surface area (Å²) < 4.78 is 0. The number of thiazole rings is 1. The van der Waals surface area contributed by atoms with E-state index in [4.69, 9.17) is 5.73 Å². The fourth-order valence-corrected chi connectivity index (χ4v) is 3.49. The van der Waals surface area contributed by atoms with Gasteiger partial charge in [-0.05, 0) is 31.0 Å². The third-order valence-corrected chi connectivity index (χ3v) is 4.42. The molecule has 1 aliphatic carbocycles. The average Bonchev–Trinajstić information content (AvgIpc) is 2.95. The van der Waals surface area contributed by atoms with Crippen molar-refractivity contribution in [3.05, 3.63) is 46.5 Å². The number of hydrogen-bond donors (Lipinski definition) is 1. The topological polar surface area (TPSA) is 42.2 Å². The SMILES string of the molecule is CN(Cc1cnc(N)s1)C1CCc2ccccc21.Cl. The number of nitrogens with zero attached hydrogens (tertiary/aromatic N) is 2. The van der Waals surface area contributed by atoms with Gasteiger partial charge in [0, 0.05) is 23.7 Å². The van der Waals surface area contributed by atoms with Crippen molar-refractivity contribution in [3.8, 4) is 0 Å². The molecule has 1 aliphatic rings. The van der Waals surface area contributed by atoms with Crippen molar-refractivity contribution in [3.63, 3.8) is 0 Å². The second kappa shape index (κ2) is 5.90. The van der Waals surface area contributed by atoms with E-state index >= 15 is 0 Å². The van der Waals surface area contributed by atoms with Crippen molar-refractivity contribution >= 4 is 28.9 Å². The smallest absolute Gasteiger partial charge is 0.180 e. The summed E-state index contributed by atoms with van der Waals surface area (Å²) in [5.41, 5.74) is 8.66. The van der Waals surface area contributed by atoms with E-state index < -0.39 is 0 Å². The van der Waals surface area contributed by atoms with Gasteiger partial charge in [0.2, 0.25) is 0 Å². The molecule has 0 saturated carbocycles. The molecule has 1 aromatic carbocycles. The maximum absolute atomic E-state index is 5.67. The monoisotopic (exact) mass is 295 g/mol. The van der Waals surface area contributed by atoms with Crippen molar-refractivity contribution in [2.45, 2.75) is 25.4 Å². The van der Waals surface area contributed by atoms with Crippen LogP contribution in [-0.4, -0.2) is 16.9 Å². The van der Waals surface area contributed by atoms with Crippen LogP contribution < -0.4 is 5.73 Å². The van der Waals surface area contributed by atoms with Crippen LogP contribution in [0.4, 0.5) is 5.13 Å². The summed E-state index contributed by atoms with van der Waals surface area (Å²) >= 11 is 1.58. The third kappa shape index (κ3) is 2.91. The minimum Gasteiger partial charge on any atom is -0.375 e. The molecule has 102 valence electrons. The Morgan fingerprint density at radius 1 is 1.42 bits per heavy atom. The molecule has 3 nitrogen and oxygen atoms in total. The van der Waals surface area contributed by atoms with E-state index in [1.807, 2.05) is 6.20 Å². The molecule has 0 bridgehead atoms. The van der Waals surface area contributed by atoms with Crippen molar-refractivity contribution in [1.82, 2.24) is 9.88 Å². The molecule has 2 N–H and O–H groups in total. The molecule has 0 fully saturated rings. The van der Waals surface area contributed by atoms with Gasteiger partial charge in [-0.2, -0.15) is 0 Å². The van der Waals surface area contributed by atoms with Crippen LogP contribution in [0.25, 0.3) is 0 Å². The first-order valence-corrected chi connectivity index (χ1v) is 7.04. The molecular formula is C14H18ClN3S. The Morgan fingerprint density at radius 3 is 2.95 bits per heavy atom.